The van der Waals surface area contributed by atoms with Gasteiger partial charge in [-0.25, -0.2) is 0 Å². The van der Waals surface area contributed by atoms with E-state index in [2.05, 4.69) is 0 Å². The Labute approximate surface area is 210 Å². The molecular formula is C28H30ClNO5. The summed E-state index contributed by atoms with van der Waals surface area (Å²) in [7, 11) is 1.48. The zero-order valence-corrected chi connectivity index (χ0v) is 20.6. The highest BCUT2D eigenvalue weighted by molar-refractivity contribution is 6.32. The highest BCUT2D eigenvalue weighted by atomic mass is 35.5. The molecule has 2 amide bonds. The number of aliphatic hydroxyl groups excluding tert-OH is 2. The number of phenols is 1. The van der Waals surface area contributed by atoms with Crippen LogP contribution >= 0.6 is 11.6 Å². The second-order valence-corrected chi connectivity index (χ2v) is 9.80. The van der Waals surface area contributed by atoms with Gasteiger partial charge in [0, 0.05) is 13.0 Å². The van der Waals surface area contributed by atoms with E-state index in [0.717, 1.165) is 27.2 Å². The number of amides is 2. The molecule has 0 bridgehead atoms. The Balaban J connectivity index is 1.61. The van der Waals surface area contributed by atoms with E-state index in [1.807, 2.05) is 43.3 Å². The molecule has 1 aliphatic carbocycles. The van der Waals surface area contributed by atoms with Crippen molar-refractivity contribution in [3.8, 4) is 5.75 Å². The fourth-order valence-corrected chi connectivity index (χ4v) is 5.72. The van der Waals surface area contributed by atoms with Crippen molar-refractivity contribution in [3.63, 3.8) is 0 Å². The smallest absolute Gasteiger partial charge is 0.233 e. The Morgan fingerprint density at radius 3 is 2.54 bits per heavy atom. The number of hydrogen-bond donors (Lipinski definition) is 3. The zero-order chi connectivity index (χ0) is 25.3. The van der Waals surface area contributed by atoms with E-state index in [1.165, 1.54) is 13.1 Å². The molecule has 1 fully saturated rings. The maximum Gasteiger partial charge on any atom is 0.233 e. The van der Waals surface area contributed by atoms with Gasteiger partial charge in [0.25, 0.3) is 0 Å². The van der Waals surface area contributed by atoms with Gasteiger partial charge in [-0.15, -0.1) is 0 Å². The van der Waals surface area contributed by atoms with Crippen molar-refractivity contribution < 1.29 is 24.9 Å². The Morgan fingerprint density at radius 2 is 1.89 bits per heavy atom. The van der Waals surface area contributed by atoms with E-state index in [1.54, 1.807) is 12.1 Å². The van der Waals surface area contributed by atoms with E-state index in [4.69, 9.17) is 11.6 Å². The lowest BCUT2D eigenvalue weighted by atomic mass is 9.68. The van der Waals surface area contributed by atoms with Crippen LogP contribution in [0.15, 0.2) is 59.7 Å². The number of halogens is 1. The van der Waals surface area contributed by atoms with Gasteiger partial charge < -0.3 is 15.3 Å². The normalized spacial score (nSPS) is 23.6. The van der Waals surface area contributed by atoms with E-state index in [0.29, 0.717) is 29.9 Å². The van der Waals surface area contributed by atoms with Crippen molar-refractivity contribution in [2.75, 3.05) is 13.7 Å². The number of carbonyl (C=O) groups excluding carboxylic acids is 2. The lowest BCUT2D eigenvalue weighted by Gasteiger charge is -2.35. The molecule has 1 saturated heterocycles. The first kappa shape index (κ1) is 25.2. The van der Waals surface area contributed by atoms with Crippen molar-refractivity contribution in [2.24, 2.45) is 17.8 Å². The summed E-state index contributed by atoms with van der Waals surface area (Å²) in [5.74, 6) is -2.11. The Kier molecular flexibility index (Phi) is 7.45. The summed E-state index contributed by atoms with van der Waals surface area (Å²) >= 11 is 6.34. The number of fused-ring (bicyclic) bond motifs is 1. The number of carbonyl (C=O) groups is 2. The number of phenolic OH excluding ortho intramolecular Hbond substituents is 1. The summed E-state index contributed by atoms with van der Waals surface area (Å²) in [6.07, 6.45) is 2.36. The molecule has 1 heterocycles. The predicted octanol–water partition coefficient (Wildman–Crippen LogP) is 4.29. The molecule has 35 heavy (non-hydrogen) atoms. The number of aromatic hydroxyl groups is 1. The molecule has 2 aromatic rings. The maximum atomic E-state index is 12.8. The van der Waals surface area contributed by atoms with Gasteiger partial charge in [-0.2, -0.15) is 0 Å². The summed E-state index contributed by atoms with van der Waals surface area (Å²) < 4.78 is 0. The quantitative estimate of drug-likeness (QED) is 0.302. The summed E-state index contributed by atoms with van der Waals surface area (Å²) in [5.41, 5.74) is 4.22. The Bertz CT molecular complexity index is 1190. The van der Waals surface area contributed by atoms with Crippen LogP contribution in [-0.2, 0) is 9.59 Å². The van der Waals surface area contributed by atoms with Gasteiger partial charge in [-0.05, 0) is 72.7 Å². The van der Waals surface area contributed by atoms with Crippen LogP contribution in [0.5, 0.6) is 5.75 Å². The average molecular weight is 496 g/mol. The van der Waals surface area contributed by atoms with Crippen molar-refractivity contribution in [3.05, 3.63) is 75.8 Å². The van der Waals surface area contributed by atoms with Crippen LogP contribution in [-0.4, -0.2) is 51.8 Å². The minimum Gasteiger partial charge on any atom is -0.508 e. The molecule has 1 aliphatic heterocycles. The Hall–Kier alpha value is -2.93. The third-order valence-electron chi connectivity index (χ3n) is 7.25. The summed E-state index contributed by atoms with van der Waals surface area (Å²) in [4.78, 5) is 26.4. The molecule has 2 aliphatic rings. The van der Waals surface area contributed by atoms with Crippen LogP contribution < -0.4 is 0 Å². The zero-order valence-electron chi connectivity index (χ0n) is 19.8. The molecule has 4 rings (SSSR count). The molecule has 0 radical (unpaired) electrons. The fourth-order valence-electron chi connectivity index (χ4n) is 5.50. The van der Waals surface area contributed by atoms with Crippen LogP contribution in [0.4, 0.5) is 0 Å². The van der Waals surface area contributed by atoms with Crippen LogP contribution in [0.1, 0.15) is 37.3 Å². The summed E-state index contributed by atoms with van der Waals surface area (Å²) in [6.45, 7) is 1.57. The monoisotopic (exact) mass is 495 g/mol. The van der Waals surface area contributed by atoms with Crippen LogP contribution in [0.3, 0.4) is 0 Å². The second-order valence-electron chi connectivity index (χ2n) is 9.39. The molecule has 0 saturated carbocycles. The number of imide groups is 1. The van der Waals surface area contributed by atoms with Crippen molar-refractivity contribution in [1.29, 1.82) is 0 Å². The minimum absolute atomic E-state index is 0.0856. The first-order valence-corrected chi connectivity index (χ1v) is 12.1. The molecule has 7 heteroatoms. The van der Waals surface area contributed by atoms with Gasteiger partial charge in [0.05, 0.1) is 29.6 Å². The number of benzene rings is 2. The van der Waals surface area contributed by atoms with Gasteiger partial charge >= 0.3 is 0 Å². The highest BCUT2D eigenvalue weighted by Gasteiger charge is 2.53. The molecule has 184 valence electrons. The molecule has 2 aromatic carbocycles. The lowest BCUT2D eigenvalue weighted by Crippen LogP contribution is -2.38. The third-order valence-corrected chi connectivity index (χ3v) is 7.58. The molecular weight excluding hydrogens is 466 g/mol. The second kappa shape index (κ2) is 10.4. The first-order chi connectivity index (χ1) is 16.7. The number of rotatable bonds is 7. The van der Waals surface area contributed by atoms with Gasteiger partial charge in [-0.3, -0.25) is 14.5 Å². The number of hydrogen-bond acceptors (Lipinski definition) is 5. The van der Waals surface area contributed by atoms with Crippen molar-refractivity contribution in [2.45, 2.75) is 32.3 Å². The number of allylic oxidation sites excluding steroid dienone is 2. The lowest BCUT2D eigenvalue weighted by molar-refractivity contribution is -0.138. The number of aliphatic hydroxyl groups is 2. The van der Waals surface area contributed by atoms with Crippen LogP contribution in [0.25, 0.3) is 11.6 Å². The van der Waals surface area contributed by atoms with E-state index in [9.17, 15) is 24.9 Å². The van der Waals surface area contributed by atoms with Crippen molar-refractivity contribution >= 4 is 35.1 Å². The molecule has 0 spiro atoms. The van der Waals surface area contributed by atoms with Gasteiger partial charge in [0.15, 0.2) is 0 Å². The molecule has 0 unspecified atom stereocenters. The molecule has 4 atom stereocenters. The predicted molar refractivity (Wildman–Crippen MR) is 135 cm³/mol. The summed E-state index contributed by atoms with van der Waals surface area (Å²) in [5, 5.41) is 31.6. The van der Waals surface area contributed by atoms with E-state index < -0.39 is 23.9 Å². The maximum absolute atomic E-state index is 12.8. The standard InChI is InChI=1S/C28H30ClNO5/c1-16-12-21-26(28(35)30(2)27(21)34)22(15-31)25(16)24(33)11-9-18(17-6-4-3-5-7-17)13-19-8-10-20(32)14-23(19)29/h3-8,10,13-14,21-22,24,26,31-33H,9,11-12,15H2,1-2H3/b18-13-/t21-,22+,24-,26-/m1/s1. The minimum atomic E-state index is -0.871. The van der Waals surface area contributed by atoms with Gasteiger partial charge in [-0.1, -0.05) is 47.5 Å². The van der Waals surface area contributed by atoms with E-state index in [-0.39, 0.29) is 24.2 Å². The average Bonchev–Trinajstić information content (AvgIpc) is 3.06. The highest BCUT2D eigenvalue weighted by Crippen LogP contribution is 2.45. The third kappa shape index (κ3) is 4.92. The van der Waals surface area contributed by atoms with E-state index >= 15 is 0 Å². The largest absolute Gasteiger partial charge is 0.508 e. The SMILES string of the molecule is CC1=C([C@H](O)CC/C(=C/c2ccc(O)cc2Cl)c2ccccc2)[C@H](CO)[C@@H]2C(=O)N(C)C(=O)[C@@H]2C1. The first-order valence-electron chi connectivity index (χ1n) is 11.8. The molecule has 3 N–H and O–H groups in total. The van der Waals surface area contributed by atoms with Crippen LogP contribution in [0.2, 0.25) is 5.02 Å². The van der Waals surface area contributed by atoms with Gasteiger partial charge in [0.1, 0.15) is 5.75 Å². The summed E-state index contributed by atoms with van der Waals surface area (Å²) in [6, 6.07) is 14.6. The Morgan fingerprint density at radius 1 is 1.17 bits per heavy atom. The molecule has 0 aromatic heterocycles. The van der Waals surface area contributed by atoms with Crippen LogP contribution in [0, 0.1) is 17.8 Å². The number of likely N-dealkylation sites (tertiary alicyclic amines) is 1. The topological polar surface area (TPSA) is 98.1 Å². The number of nitrogens with zero attached hydrogens (tertiary/aromatic N) is 1. The molecule has 6 nitrogen and oxygen atoms in total. The van der Waals surface area contributed by atoms with Crippen molar-refractivity contribution in [1.82, 2.24) is 4.90 Å². The van der Waals surface area contributed by atoms with Gasteiger partial charge in [0.2, 0.25) is 11.8 Å². The fraction of sp³-hybridized carbons (Fsp3) is 0.357.